The molecule has 5 heteroatoms. The van der Waals surface area contributed by atoms with Crippen molar-refractivity contribution in [2.75, 3.05) is 13.2 Å². The molecule has 19 heavy (non-hydrogen) atoms. The first-order valence-electron chi connectivity index (χ1n) is 6.36. The number of aromatic nitrogens is 1. The number of nitrogens with zero attached hydrogens (tertiary/aromatic N) is 1. The van der Waals surface area contributed by atoms with Crippen LogP contribution in [0.4, 0.5) is 0 Å². The highest BCUT2D eigenvalue weighted by Crippen LogP contribution is 2.33. The van der Waals surface area contributed by atoms with E-state index in [-0.39, 0.29) is 5.75 Å². The minimum absolute atomic E-state index is 0.162. The SMILES string of the molecule is CCNCc1cnc(-c2ccc(O)c(OCC)c2)s1. The van der Waals surface area contributed by atoms with Gasteiger partial charge in [0.25, 0.3) is 0 Å². The Hall–Kier alpha value is -1.59. The van der Waals surface area contributed by atoms with Crippen LogP contribution < -0.4 is 10.1 Å². The Bertz CT molecular complexity index is 540. The van der Waals surface area contributed by atoms with E-state index in [2.05, 4.69) is 17.2 Å². The fourth-order valence-corrected chi connectivity index (χ4v) is 2.57. The van der Waals surface area contributed by atoms with Gasteiger partial charge in [-0.25, -0.2) is 4.98 Å². The first-order valence-corrected chi connectivity index (χ1v) is 7.17. The molecule has 1 heterocycles. The quantitative estimate of drug-likeness (QED) is 0.853. The maximum Gasteiger partial charge on any atom is 0.161 e. The molecule has 0 amide bonds. The van der Waals surface area contributed by atoms with E-state index in [4.69, 9.17) is 4.74 Å². The molecular weight excluding hydrogens is 260 g/mol. The van der Waals surface area contributed by atoms with E-state index >= 15 is 0 Å². The summed E-state index contributed by atoms with van der Waals surface area (Å²) in [7, 11) is 0. The van der Waals surface area contributed by atoms with Gasteiger partial charge in [-0.05, 0) is 31.7 Å². The molecule has 4 nitrogen and oxygen atoms in total. The average molecular weight is 278 g/mol. The fourth-order valence-electron chi connectivity index (χ4n) is 1.69. The molecule has 0 fully saturated rings. The monoisotopic (exact) mass is 278 g/mol. The molecule has 1 aromatic heterocycles. The normalized spacial score (nSPS) is 10.6. The number of aromatic hydroxyl groups is 1. The van der Waals surface area contributed by atoms with Gasteiger partial charge >= 0.3 is 0 Å². The van der Waals surface area contributed by atoms with E-state index in [1.165, 1.54) is 4.88 Å². The van der Waals surface area contributed by atoms with Crippen molar-refractivity contribution in [3.8, 4) is 22.1 Å². The smallest absolute Gasteiger partial charge is 0.161 e. The van der Waals surface area contributed by atoms with Gasteiger partial charge in [0.2, 0.25) is 0 Å². The Morgan fingerprint density at radius 3 is 2.95 bits per heavy atom. The number of thiazole rings is 1. The Kier molecular flexibility index (Phi) is 4.76. The van der Waals surface area contributed by atoms with E-state index in [0.717, 1.165) is 23.7 Å². The van der Waals surface area contributed by atoms with Crippen molar-refractivity contribution in [2.45, 2.75) is 20.4 Å². The third-order valence-corrected chi connectivity index (χ3v) is 3.66. The number of phenolic OH excluding ortho intramolecular Hbond substituents is 1. The number of phenols is 1. The molecule has 2 aromatic rings. The zero-order valence-electron chi connectivity index (χ0n) is 11.1. The third kappa shape index (κ3) is 3.45. The predicted molar refractivity (Wildman–Crippen MR) is 77.8 cm³/mol. The van der Waals surface area contributed by atoms with Crippen molar-refractivity contribution in [3.05, 3.63) is 29.3 Å². The number of ether oxygens (including phenoxy) is 1. The highest BCUT2D eigenvalue weighted by molar-refractivity contribution is 7.15. The topological polar surface area (TPSA) is 54.4 Å². The molecule has 0 aliphatic rings. The minimum atomic E-state index is 0.162. The van der Waals surface area contributed by atoms with Crippen LogP contribution in [0.5, 0.6) is 11.5 Å². The lowest BCUT2D eigenvalue weighted by molar-refractivity contribution is 0.318. The summed E-state index contributed by atoms with van der Waals surface area (Å²) < 4.78 is 5.38. The molecule has 0 atom stereocenters. The molecule has 2 N–H and O–H groups in total. The molecule has 0 saturated heterocycles. The van der Waals surface area contributed by atoms with Gasteiger partial charge in [0.15, 0.2) is 11.5 Å². The highest BCUT2D eigenvalue weighted by Gasteiger charge is 2.08. The Morgan fingerprint density at radius 2 is 2.21 bits per heavy atom. The van der Waals surface area contributed by atoms with Crippen LogP contribution >= 0.6 is 11.3 Å². The largest absolute Gasteiger partial charge is 0.504 e. The lowest BCUT2D eigenvalue weighted by atomic mass is 10.2. The molecule has 0 unspecified atom stereocenters. The number of hydrogen-bond acceptors (Lipinski definition) is 5. The number of nitrogens with one attached hydrogen (secondary N) is 1. The van der Waals surface area contributed by atoms with Gasteiger partial charge in [-0.15, -0.1) is 11.3 Å². The second-order valence-electron chi connectivity index (χ2n) is 4.03. The molecule has 0 bridgehead atoms. The van der Waals surface area contributed by atoms with Crippen LogP contribution in [0.15, 0.2) is 24.4 Å². The van der Waals surface area contributed by atoms with Crippen LogP contribution in [0.1, 0.15) is 18.7 Å². The summed E-state index contributed by atoms with van der Waals surface area (Å²) in [6.07, 6.45) is 1.88. The maximum absolute atomic E-state index is 9.68. The van der Waals surface area contributed by atoms with Crippen molar-refractivity contribution >= 4 is 11.3 Å². The van der Waals surface area contributed by atoms with E-state index < -0.39 is 0 Å². The van der Waals surface area contributed by atoms with Crippen LogP contribution in [0.2, 0.25) is 0 Å². The zero-order chi connectivity index (χ0) is 13.7. The van der Waals surface area contributed by atoms with Gasteiger partial charge in [-0.3, -0.25) is 0 Å². The standard InChI is InChI=1S/C14H18N2O2S/c1-3-15-8-11-9-16-14(19-11)10-5-6-12(17)13(7-10)18-4-2/h5-7,9,15,17H,3-4,8H2,1-2H3. The summed E-state index contributed by atoms with van der Waals surface area (Å²) >= 11 is 1.65. The summed E-state index contributed by atoms with van der Waals surface area (Å²) in [5, 5.41) is 13.9. The van der Waals surface area contributed by atoms with Gasteiger partial charge in [0, 0.05) is 23.2 Å². The van der Waals surface area contributed by atoms with Crippen LogP contribution in [-0.4, -0.2) is 23.2 Å². The number of benzene rings is 1. The van der Waals surface area contributed by atoms with Crippen molar-refractivity contribution < 1.29 is 9.84 Å². The molecule has 0 saturated carbocycles. The fraction of sp³-hybridized carbons (Fsp3) is 0.357. The van der Waals surface area contributed by atoms with Crippen molar-refractivity contribution in [3.63, 3.8) is 0 Å². The molecule has 0 aliphatic heterocycles. The number of rotatable bonds is 6. The predicted octanol–water partition coefficient (Wildman–Crippen LogP) is 3.02. The highest BCUT2D eigenvalue weighted by atomic mass is 32.1. The zero-order valence-corrected chi connectivity index (χ0v) is 12.0. The molecule has 2 rings (SSSR count). The lowest BCUT2D eigenvalue weighted by Gasteiger charge is -2.06. The van der Waals surface area contributed by atoms with Gasteiger partial charge in [0.05, 0.1) is 6.61 Å². The molecule has 0 spiro atoms. The van der Waals surface area contributed by atoms with E-state index in [1.54, 1.807) is 17.4 Å². The molecule has 102 valence electrons. The summed E-state index contributed by atoms with van der Waals surface area (Å²) in [5.74, 6) is 0.665. The van der Waals surface area contributed by atoms with Gasteiger partial charge < -0.3 is 15.2 Å². The summed E-state index contributed by atoms with van der Waals surface area (Å²) in [4.78, 5) is 5.61. The summed E-state index contributed by atoms with van der Waals surface area (Å²) in [6.45, 7) is 6.28. The minimum Gasteiger partial charge on any atom is -0.504 e. The molecule has 0 aliphatic carbocycles. The number of hydrogen-bond donors (Lipinski definition) is 2. The van der Waals surface area contributed by atoms with Crippen LogP contribution in [-0.2, 0) is 6.54 Å². The Balaban J connectivity index is 2.21. The first kappa shape index (κ1) is 13.8. The van der Waals surface area contributed by atoms with Crippen LogP contribution in [0, 0.1) is 0 Å². The van der Waals surface area contributed by atoms with Gasteiger partial charge in [0.1, 0.15) is 5.01 Å². The van der Waals surface area contributed by atoms with E-state index in [9.17, 15) is 5.11 Å². The van der Waals surface area contributed by atoms with Gasteiger partial charge in [-0.2, -0.15) is 0 Å². The molecule has 0 radical (unpaired) electrons. The molecule has 1 aromatic carbocycles. The molecular formula is C14H18N2O2S. The first-order chi connectivity index (χ1) is 9.24. The van der Waals surface area contributed by atoms with Crippen LogP contribution in [0.25, 0.3) is 10.6 Å². The van der Waals surface area contributed by atoms with Crippen molar-refractivity contribution in [1.29, 1.82) is 0 Å². The Morgan fingerprint density at radius 1 is 1.37 bits per heavy atom. The summed E-state index contributed by atoms with van der Waals surface area (Å²) in [6, 6.07) is 5.33. The van der Waals surface area contributed by atoms with Gasteiger partial charge in [-0.1, -0.05) is 6.92 Å². The maximum atomic E-state index is 9.68. The second-order valence-corrected chi connectivity index (χ2v) is 5.14. The summed E-state index contributed by atoms with van der Waals surface area (Å²) in [5.41, 5.74) is 0.967. The lowest BCUT2D eigenvalue weighted by Crippen LogP contribution is -2.10. The van der Waals surface area contributed by atoms with E-state index in [0.29, 0.717) is 12.4 Å². The van der Waals surface area contributed by atoms with E-state index in [1.807, 2.05) is 25.3 Å². The second kappa shape index (κ2) is 6.54. The Labute approximate surface area is 117 Å². The average Bonchev–Trinajstić information content (AvgIpc) is 2.88. The third-order valence-electron chi connectivity index (χ3n) is 2.61. The van der Waals surface area contributed by atoms with Crippen molar-refractivity contribution in [2.24, 2.45) is 0 Å². The van der Waals surface area contributed by atoms with Crippen molar-refractivity contribution in [1.82, 2.24) is 10.3 Å². The van der Waals surface area contributed by atoms with Crippen LogP contribution in [0.3, 0.4) is 0 Å².